The van der Waals surface area contributed by atoms with Gasteiger partial charge in [0.1, 0.15) is 11.8 Å². The second kappa shape index (κ2) is 6.70. The standard InChI is InChI=1S/C23H16N2O/c1-26-23-20-10-6-5-9-17(20)11-12-21(23)22-18(14-24)13-19(15-25-22)16-7-3-2-4-8-16/h2-13,15H,1H3. The molecule has 0 bridgehead atoms. The summed E-state index contributed by atoms with van der Waals surface area (Å²) in [5.41, 5.74) is 3.94. The molecule has 0 N–H and O–H groups in total. The van der Waals surface area contributed by atoms with Crippen LogP contribution in [0, 0.1) is 11.3 Å². The molecule has 0 unspecified atom stereocenters. The molecule has 0 aliphatic heterocycles. The van der Waals surface area contributed by atoms with Crippen molar-refractivity contribution in [1.29, 1.82) is 5.26 Å². The van der Waals surface area contributed by atoms with Gasteiger partial charge in [0.15, 0.2) is 0 Å². The van der Waals surface area contributed by atoms with E-state index in [-0.39, 0.29) is 0 Å². The Balaban J connectivity index is 1.91. The average molecular weight is 336 g/mol. The first kappa shape index (κ1) is 15.9. The fourth-order valence-corrected chi connectivity index (χ4v) is 3.20. The van der Waals surface area contributed by atoms with Gasteiger partial charge in [0.2, 0.25) is 0 Å². The molecule has 4 aromatic rings. The lowest BCUT2D eigenvalue weighted by Crippen LogP contribution is -1.95. The quantitative estimate of drug-likeness (QED) is 0.500. The summed E-state index contributed by atoms with van der Waals surface area (Å²) in [7, 11) is 1.65. The largest absolute Gasteiger partial charge is 0.495 e. The summed E-state index contributed by atoms with van der Waals surface area (Å²) in [5.74, 6) is 0.736. The summed E-state index contributed by atoms with van der Waals surface area (Å²) in [4.78, 5) is 4.61. The summed E-state index contributed by atoms with van der Waals surface area (Å²) in [6.45, 7) is 0. The Morgan fingerprint density at radius 3 is 2.42 bits per heavy atom. The maximum Gasteiger partial charge on any atom is 0.136 e. The van der Waals surface area contributed by atoms with Crippen molar-refractivity contribution in [3.8, 4) is 34.2 Å². The number of hydrogen-bond donors (Lipinski definition) is 0. The maximum absolute atomic E-state index is 9.70. The van der Waals surface area contributed by atoms with E-state index in [9.17, 15) is 5.26 Å². The van der Waals surface area contributed by atoms with E-state index in [4.69, 9.17) is 4.74 Å². The first-order valence-electron chi connectivity index (χ1n) is 8.33. The third-order valence-electron chi connectivity index (χ3n) is 4.45. The number of rotatable bonds is 3. The summed E-state index contributed by atoms with van der Waals surface area (Å²) in [6.07, 6.45) is 1.81. The van der Waals surface area contributed by atoms with Crippen LogP contribution in [0.25, 0.3) is 33.2 Å². The zero-order chi connectivity index (χ0) is 17.9. The molecule has 0 spiro atoms. The third-order valence-corrected chi connectivity index (χ3v) is 4.45. The van der Waals surface area contributed by atoms with Gasteiger partial charge in [-0.2, -0.15) is 5.26 Å². The molecule has 1 aromatic heterocycles. The van der Waals surface area contributed by atoms with Gasteiger partial charge in [-0.1, -0.05) is 60.7 Å². The number of nitriles is 1. The average Bonchev–Trinajstić information content (AvgIpc) is 2.73. The van der Waals surface area contributed by atoms with Crippen LogP contribution < -0.4 is 4.74 Å². The van der Waals surface area contributed by atoms with Crippen molar-refractivity contribution in [3.63, 3.8) is 0 Å². The van der Waals surface area contributed by atoms with Crippen LogP contribution in [0.2, 0.25) is 0 Å². The number of methoxy groups -OCH3 is 1. The van der Waals surface area contributed by atoms with Crippen molar-refractivity contribution in [1.82, 2.24) is 4.98 Å². The molecule has 26 heavy (non-hydrogen) atoms. The number of fused-ring (bicyclic) bond motifs is 1. The van der Waals surface area contributed by atoms with Crippen LogP contribution in [-0.4, -0.2) is 12.1 Å². The molecule has 124 valence electrons. The maximum atomic E-state index is 9.70. The summed E-state index contributed by atoms with van der Waals surface area (Å²) in [5, 5.41) is 11.8. The smallest absolute Gasteiger partial charge is 0.136 e. The van der Waals surface area contributed by atoms with E-state index in [1.54, 1.807) is 13.3 Å². The van der Waals surface area contributed by atoms with Gasteiger partial charge < -0.3 is 4.74 Å². The van der Waals surface area contributed by atoms with Crippen LogP contribution in [-0.2, 0) is 0 Å². The number of benzene rings is 3. The normalized spacial score (nSPS) is 10.5. The van der Waals surface area contributed by atoms with E-state index >= 15 is 0 Å². The minimum Gasteiger partial charge on any atom is -0.495 e. The second-order valence-electron chi connectivity index (χ2n) is 5.97. The van der Waals surface area contributed by atoms with Gasteiger partial charge in [-0.25, -0.2) is 0 Å². The molecule has 3 heteroatoms. The Hall–Kier alpha value is -3.64. The van der Waals surface area contributed by atoms with E-state index in [0.29, 0.717) is 11.3 Å². The molecule has 0 aliphatic carbocycles. The predicted molar refractivity (Wildman–Crippen MR) is 104 cm³/mol. The predicted octanol–water partition coefficient (Wildman–Crippen LogP) is 5.45. The monoisotopic (exact) mass is 336 g/mol. The Morgan fingerprint density at radius 1 is 0.885 bits per heavy atom. The summed E-state index contributed by atoms with van der Waals surface area (Å²) in [6, 6.07) is 26.1. The van der Waals surface area contributed by atoms with Crippen molar-refractivity contribution >= 4 is 10.8 Å². The van der Waals surface area contributed by atoms with E-state index < -0.39 is 0 Å². The van der Waals surface area contributed by atoms with Crippen molar-refractivity contribution < 1.29 is 4.74 Å². The van der Waals surface area contributed by atoms with Crippen LogP contribution in [0.4, 0.5) is 0 Å². The van der Waals surface area contributed by atoms with Crippen molar-refractivity contribution in [3.05, 3.63) is 84.6 Å². The second-order valence-corrected chi connectivity index (χ2v) is 5.97. The van der Waals surface area contributed by atoms with Crippen molar-refractivity contribution in [2.45, 2.75) is 0 Å². The van der Waals surface area contributed by atoms with Crippen LogP contribution in [0.1, 0.15) is 5.56 Å². The third kappa shape index (κ3) is 2.68. The van der Waals surface area contributed by atoms with Gasteiger partial charge in [-0.05, 0) is 23.1 Å². The molecular formula is C23H16N2O. The molecule has 3 nitrogen and oxygen atoms in total. The molecule has 0 saturated carbocycles. The van der Waals surface area contributed by atoms with E-state index in [2.05, 4.69) is 11.1 Å². The molecule has 0 fully saturated rings. The van der Waals surface area contributed by atoms with Gasteiger partial charge in [0, 0.05) is 22.7 Å². The Labute approximate surface area is 152 Å². The highest BCUT2D eigenvalue weighted by atomic mass is 16.5. The fourth-order valence-electron chi connectivity index (χ4n) is 3.20. The van der Waals surface area contributed by atoms with Crippen LogP contribution in [0.15, 0.2) is 79.0 Å². The Bertz CT molecular complexity index is 1130. The van der Waals surface area contributed by atoms with Gasteiger partial charge >= 0.3 is 0 Å². The molecule has 3 aromatic carbocycles. The number of nitrogens with zero attached hydrogens (tertiary/aromatic N) is 2. The fraction of sp³-hybridized carbons (Fsp3) is 0.0435. The van der Waals surface area contributed by atoms with Gasteiger partial charge in [0.25, 0.3) is 0 Å². The topological polar surface area (TPSA) is 45.9 Å². The molecule has 0 amide bonds. The zero-order valence-electron chi connectivity index (χ0n) is 14.3. The van der Waals surface area contributed by atoms with Crippen LogP contribution in [0.3, 0.4) is 0 Å². The molecule has 0 aliphatic rings. The molecule has 4 rings (SSSR count). The van der Waals surface area contributed by atoms with Crippen LogP contribution in [0.5, 0.6) is 5.75 Å². The zero-order valence-corrected chi connectivity index (χ0v) is 14.3. The lowest BCUT2D eigenvalue weighted by Gasteiger charge is -2.13. The number of ether oxygens (including phenoxy) is 1. The highest BCUT2D eigenvalue weighted by Crippen LogP contribution is 2.37. The number of hydrogen-bond acceptors (Lipinski definition) is 3. The van der Waals surface area contributed by atoms with Gasteiger partial charge in [-0.3, -0.25) is 4.98 Å². The summed E-state index contributed by atoms with van der Waals surface area (Å²) >= 11 is 0. The van der Waals surface area contributed by atoms with Crippen LogP contribution >= 0.6 is 0 Å². The highest BCUT2D eigenvalue weighted by molar-refractivity contribution is 5.95. The minimum atomic E-state index is 0.528. The van der Waals surface area contributed by atoms with Gasteiger partial charge in [-0.15, -0.1) is 0 Å². The highest BCUT2D eigenvalue weighted by Gasteiger charge is 2.15. The number of pyridine rings is 1. The first-order chi connectivity index (χ1) is 12.8. The molecule has 0 atom stereocenters. The lowest BCUT2D eigenvalue weighted by atomic mass is 9.98. The first-order valence-corrected chi connectivity index (χ1v) is 8.33. The van der Waals surface area contributed by atoms with E-state index in [1.807, 2.05) is 72.8 Å². The number of aromatic nitrogens is 1. The molecular weight excluding hydrogens is 320 g/mol. The van der Waals surface area contributed by atoms with E-state index in [1.165, 1.54) is 0 Å². The van der Waals surface area contributed by atoms with E-state index in [0.717, 1.165) is 33.2 Å². The SMILES string of the molecule is COc1c(-c2ncc(-c3ccccc3)cc2C#N)ccc2ccccc12. The Morgan fingerprint density at radius 2 is 1.65 bits per heavy atom. The van der Waals surface area contributed by atoms with Crippen molar-refractivity contribution in [2.75, 3.05) is 7.11 Å². The van der Waals surface area contributed by atoms with Gasteiger partial charge in [0.05, 0.1) is 18.4 Å². The Kier molecular flexibility index (Phi) is 4.09. The minimum absolute atomic E-state index is 0.528. The molecule has 0 saturated heterocycles. The summed E-state index contributed by atoms with van der Waals surface area (Å²) < 4.78 is 5.68. The lowest BCUT2D eigenvalue weighted by molar-refractivity contribution is 0.421. The molecule has 0 radical (unpaired) electrons. The molecule has 1 heterocycles. The van der Waals surface area contributed by atoms with Crippen molar-refractivity contribution in [2.24, 2.45) is 0 Å².